The van der Waals surface area contributed by atoms with E-state index < -0.39 is 12.2 Å². The monoisotopic (exact) mass is 402 g/mol. The molecule has 150 valence electrons. The number of hydrogen-bond donors (Lipinski definition) is 1. The van der Waals surface area contributed by atoms with E-state index in [1.54, 1.807) is 49.1 Å². The van der Waals surface area contributed by atoms with Crippen LogP contribution in [0.3, 0.4) is 0 Å². The molecule has 1 unspecified atom stereocenters. The predicted octanol–water partition coefficient (Wildman–Crippen LogP) is 4.78. The molecule has 0 amide bonds. The van der Waals surface area contributed by atoms with Gasteiger partial charge in [-0.15, -0.1) is 0 Å². The Morgan fingerprint density at radius 3 is 2.54 bits per heavy atom. The van der Waals surface area contributed by atoms with E-state index in [0.717, 1.165) is 19.3 Å². The number of carbonyl (C=O) groups excluding carboxylic acids is 1. The summed E-state index contributed by atoms with van der Waals surface area (Å²) >= 11 is 5.34. The molecule has 1 heterocycles. The number of unbranched alkanes of at least 4 members (excludes halogenated alkanes) is 2. The van der Waals surface area contributed by atoms with Crippen LogP contribution >= 0.6 is 12.2 Å². The van der Waals surface area contributed by atoms with E-state index >= 15 is 0 Å². The molecule has 7 heteroatoms. The number of ether oxygens (including phenoxy) is 2. The Bertz CT molecular complexity index is 944. The van der Waals surface area contributed by atoms with Crippen LogP contribution in [0.25, 0.3) is 11.1 Å². The number of rotatable bonds is 9. The number of methoxy groups -OCH3 is 1. The summed E-state index contributed by atoms with van der Waals surface area (Å²) in [5.41, 5.74) is 1.16. The van der Waals surface area contributed by atoms with Crippen LogP contribution in [-0.2, 0) is 9.53 Å². The van der Waals surface area contributed by atoms with Crippen molar-refractivity contribution in [1.29, 1.82) is 0 Å². The Labute approximate surface area is 169 Å². The van der Waals surface area contributed by atoms with Gasteiger partial charge in [0.15, 0.2) is 11.0 Å². The minimum atomic E-state index is -0.614. The van der Waals surface area contributed by atoms with Gasteiger partial charge in [0.2, 0.25) is 0 Å². The minimum Gasteiger partial charge on any atom is -0.497 e. The highest BCUT2D eigenvalue weighted by molar-refractivity contribution is 7.71. The van der Waals surface area contributed by atoms with Crippen molar-refractivity contribution in [3.8, 4) is 16.9 Å². The molecular formula is C21H26N2O4S. The normalized spacial score (nSPS) is 11.7. The maximum Gasteiger partial charge on any atom is 0.335 e. The van der Waals surface area contributed by atoms with E-state index in [4.69, 9.17) is 21.7 Å². The van der Waals surface area contributed by atoms with Crippen LogP contribution in [0, 0.1) is 4.77 Å². The number of carbonyl (C=O) groups is 1. The van der Waals surface area contributed by atoms with Crippen molar-refractivity contribution in [2.75, 3.05) is 7.11 Å². The molecule has 0 aliphatic rings. The van der Waals surface area contributed by atoms with Crippen LogP contribution in [-0.4, -0.2) is 22.6 Å². The quantitative estimate of drug-likeness (QED) is 0.283. The van der Waals surface area contributed by atoms with Crippen LogP contribution in [0.2, 0.25) is 0 Å². The zero-order valence-corrected chi connectivity index (χ0v) is 17.3. The van der Waals surface area contributed by atoms with Crippen molar-refractivity contribution < 1.29 is 14.3 Å². The lowest BCUT2D eigenvalue weighted by molar-refractivity contribution is -0.149. The van der Waals surface area contributed by atoms with Gasteiger partial charge < -0.3 is 9.47 Å². The summed E-state index contributed by atoms with van der Waals surface area (Å²) in [4.78, 5) is 27.3. The van der Waals surface area contributed by atoms with Gasteiger partial charge >= 0.3 is 5.97 Å². The fraction of sp³-hybridized carbons (Fsp3) is 0.381. The molecule has 0 aliphatic heterocycles. The van der Waals surface area contributed by atoms with Crippen molar-refractivity contribution in [3.63, 3.8) is 0 Å². The molecule has 0 fully saturated rings. The van der Waals surface area contributed by atoms with E-state index in [-0.39, 0.29) is 10.3 Å². The third kappa shape index (κ3) is 5.42. The molecule has 6 nitrogen and oxygen atoms in total. The SMILES string of the molecule is C=C(C)C(=O)OC(CCCCC)n1cc(-c2ccc(OC)cc2)c(=O)[nH]c1=S. The molecule has 0 aliphatic carbocycles. The van der Waals surface area contributed by atoms with Gasteiger partial charge in [-0.3, -0.25) is 14.3 Å². The molecule has 2 aromatic rings. The van der Waals surface area contributed by atoms with Gasteiger partial charge in [0.1, 0.15) is 5.75 Å². The van der Waals surface area contributed by atoms with Crippen LogP contribution in [0.15, 0.2) is 47.4 Å². The van der Waals surface area contributed by atoms with Crippen molar-refractivity contribution in [2.24, 2.45) is 0 Å². The maximum absolute atomic E-state index is 12.5. The van der Waals surface area contributed by atoms with Crippen molar-refractivity contribution in [2.45, 2.75) is 45.8 Å². The highest BCUT2D eigenvalue weighted by Crippen LogP contribution is 2.23. The lowest BCUT2D eigenvalue weighted by Gasteiger charge is -2.22. The minimum absolute atomic E-state index is 0.207. The average Bonchev–Trinajstić information content (AvgIpc) is 2.67. The van der Waals surface area contributed by atoms with Gasteiger partial charge in [-0.1, -0.05) is 38.5 Å². The molecule has 1 atom stereocenters. The van der Waals surface area contributed by atoms with Crippen LogP contribution in [0.5, 0.6) is 5.75 Å². The van der Waals surface area contributed by atoms with Gasteiger partial charge in [0.05, 0.1) is 12.7 Å². The second-order valence-corrected chi connectivity index (χ2v) is 6.96. The molecule has 28 heavy (non-hydrogen) atoms. The first-order valence-corrected chi connectivity index (χ1v) is 9.64. The smallest absolute Gasteiger partial charge is 0.335 e. The average molecular weight is 403 g/mol. The Kier molecular flexibility index (Phi) is 7.75. The Hall–Kier alpha value is -2.67. The number of nitrogens with one attached hydrogen (secondary N) is 1. The van der Waals surface area contributed by atoms with Gasteiger partial charge in [0, 0.05) is 18.2 Å². The Balaban J connectivity index is 2.46. The molecule has 0 saturated carbocycles. The van der Waals surface area contributed by atoms with Gasteiger partial charge in [-0.2, -0.15) is 0 Å². The molecule has 1 aromatic carbocycles. The summed E-state index contributed by atoms with van der Waals surface area (Å²) in [6, 6.07) is 7.15. The van der Waals surface area contributed by atoms with Crippen molar-refractivity contribution >= 4 is 18.2 Å². The number of hydrogen-bond acceptors (Lipinski definition) is 5. The van der Waals surface area contributed by atoms with Crippen molar-refractivity contribution in [3.05, 3.63) is 57.7 Å². The standard InChI is InChI=1S/C21H26N2O4S/c1-5-6-7-8-18(27-20(25)14(2)3)23-13-17(19(24)22-21(23)28)15-9-11-16(26-4)12-10-15/h9-13,18H,2,5-8H2,1,3-4H3,(H,22,24,28). The molecule has 0 bridgehead atoms. The lowest BCUT2D eigenvalue weighted by atomic mass is 10.1. The fourth-order valence-corrected chi connectivity index (χ4v) is 2.99. The summed E-state index contributed by atoms with van der Waals surface area (Å²) in [7, 11) is 1.58. The summed E-state index contributed by atoms with van der Waals surface area (Å²) < 4.78 is 12.6. The van der Waals surface area contributed by atoms with Crippen LogP contribution in [0.1, 0.15) is 45.8 Å². The van der Waals surface area contributed by atoms with E-state index in [9.17, 15) is 9.59 Å². The highest BCUT2D eigenvalue weighted by Gasteiger charge is 2.19. The third-order valence-electron chi connectivity index (χ3n) is 4.33. The number of nitrogens with zero attached hydrogens (tertiary/aromatic N) is 1. The molecule has 1 aromatic heterocycles. The molecular weight excluding hydrogens is 376 g/mol. The molecule has 0 saturated heterocycles. The predicted molar refractivity (Wildman–Crippen MR) is 112 cm³/mol. The van der Waals surface area contributed by atoms with Crippen molar-refractivity contribution in [1.82, 2.24) is 9.55 Å². The number of aromatic nitrogens is 2. The summed E-state index contributed by atoms with van der Waals surface area (Å²) in [5.74, 6) is 0.210. The van der Waals surface area contributed by atoms with E-state index in [1.807, 2.05) is 0 Å². The second kappa shape index (κ2) is 10.0. The summed E-state index contributed by atoms with van der Waals surface area (Å²) in [6.07, 6.45) is 4.53. The van der Waals surface area contributed by atoms with Crippen LogP contribution < -0.4 is 10.3 Å². The topological polar surface area (TPSA) is 73.3 Å². The van der Waals surface area contributed by atoms with Gasteiger partial charge in [0.25, 0.3) is 5.56 Å². The van der Waals surface area contributed by atoms with Crippen LogP contribution in [0.4, 0.5) is 0 Å². The first-order chi connectivity index (χ1) is 13.4. The third-order valence-corrected chi connectivity index (χ3v) is 4.64. The fourth-order valence-electron chi connectivity index (χ4n) is 2.72. The summed E-state index contributed by atoms with van der Waals surface area (Å²) in [5, 5.41) is 0. The first kappa shape index (κ1) is 21.6. The molecule has 0 radical (unpaired) electrons. The maximum atomic E-state index is 12.5. The molecule has 2 rings (SSSR count). The largest absolute Gasteiger partial charge is 0.497 e. The van der Waals surface area contributed by atoms with E-state index in [1.165, 1.54) is 0 Å². The van der Waals surface area contributed by atoms with E-state index in [0.29, 0.717) is 28.9 Å². The summed E-state index contributed by atoms with van der Waals surface area (Å²) in [6.45, 7) is 7.33. The molecule has 1 N–H and O–H groups in total. The number of benzene rings is 1. The molecule has 0 spiro atoms. The second-order valence-electron chi connectivity index (χ2n) is 6.57. The number of aromatic amines is 1. The number of esters is 1. The van der Waals surface area contributed by atoms with Gasteiger partial charge in [-0.25, -0.2) is 4.79 Å². The lowest BCUT2D eigenvalue weighted by Crippen LogP contribution is -2.23. The van der Waals surface area contributed by atoms with E-state index in [2.05, 4.69) is 18.5 Å². The highest BCUT2D eigenvalue weighted by atomic mass is 32.1. The first-order valence-electron chi connectivity index (χ1n) is 9.23. The number of H-pyrrole nitrogens is 1. The Morgan fingerprint density at radius 2 is 1.96 bits per heavy atom. The van der Waals surface area contributed by atoms with Gasteiger partial charge in [-0.05, 0) is 43.3 Å². The Morgan fingerprint density at radius 1 is 1.29 bits per heavy atom. The zero-order chi connectivity index (χ0) is 20.7. The zero-order valence-electron chi connectivity index (χ0n) is 16.5.